The van der Waals surface area contributed by atoms with E-state index >= 15 is 0 Å². The monoisotopic (exact) mass is 305 g/mol. The number of halogens is 3. The maximum Gasteiger partial charge on any atom is 0.471 e. The number of carbonyl (C=O) groups is 2. The zero-order valence-corrected chi connectivity index (χ0v) is 11.1. The molecule has 0 aliphatic rings. The normalized spacial score (nSPS) is 10.7. The van der Waals surface area contributed by atoms with E-state index in [9.17, 15) is 22.8 Å². The third-order valence-corrected chi connectivity index (χ3v) is 2.30. The Morgan fingerprint density at radius 2 is 1.67 bits per heavy atom. The summed E-state index contributed by atoms with van der Waals surface area (Å²) in [7, 11) is 1.50. The first kappa shape index (κ1) is 16.6. The minimum atomic E-state index is -4.93. The summed E-state index contributed by atoms with van der Waals surface area (Å²) in [6.07, 6.45) is -4.93. The number of ether oxygens (including phenoxy) is 1. The number of methoxy groups -OCH3 is 1. The molecular weight excluding hydrogens is 291 g/mol. The van der Waals surface area contributed by atoms with Crippen molar-refractivity contribution in [3.05, 3.63) is 24.3 Å². The maximum atomic E-state index is 11.9. The number of anilines is 1. The van der Waals surface area contributed by atoms with Crippen LogP contribution in [0.4, 0.5) is 23.7 Å². The van der Waals surface area contributed by atoms with Crippen LogP contribution in [0.3, 0.4) is 0 Å². The Labute approximate surface area is 118 Å². The van der Waals surface area contributed by atoms with Crippen LogP contribution in [-0.2, 0) is 4.79 Å². The largest absolute Gasteiger partial charge is 0.497 e. The molecule has 0 spiro atoms. The number of amides is 3. The minimum Gasteiger partial charge on any atom is -0.497 e. The summed E-state index contributed by atoms with van der Waals surface area (Å²) in [4.78, 5) is 21.9. The van der Waals surface area contributed by atoms with Gasteiger partial charge >= 0.3 is 18.1 Å². The van der Waals surface area contributed by atoms with Crippen LogP contribution in [0, 0.1) is 0 Å². The lowest BCUT2D eigenvalue weighted by atomic mass is 10.3. The Morgan fingerprint density at radius 1 is 1.10 bits per heavy atom. The van der Waals surface area contributed by atoms with Crippen molar-refractivity contribution < 1.29 is 27.5 Å². The molecule has 21 heavy (non-hydrogen) atoms. The predicted octanol–water partition coefficient (Wildman–Crippen LogP) is 1.50. The SMILES string of the molecule is COc1ccc(NC(=O)NCCNC(=O)C(F)(F)F)cc1. The second-order valence-corrected chi connectivity index (χ2v) is 3.86. The van der Waals surface area contributed by atoms with Gasteiger partial charge in [0.15, 0.2) is 0 Å². The van der Waals surface area contributed by atoms with Crippen molar-refractivity contribution in [2.75, 3.05) is 25.5 Å². The van der Waals surface area contributed by atoms with Gasteiger partial charge in [-0.2, -0.15) is 13.2 Å². The number of urea groups is 1. The van der Waals surface area contributed by atoms with Crippen LogP contribution >= 0.6 is 0 Å². The lowest BCUT2D eigenvalue weighted by Gasteiger charge is -2.10. The van der Waals surface area contributed by atoms with Gasteiger partial charge in [0.2, 0.25) is 0 Å². The van der Waals surface area contributed by atoms with E-state index in [1.807, 2.05) is 0 Å². The number of rotatable bonds is 5. The molecule has 6 nitrogen and oxygen atoms in total. The molecule has 9 heteroatoms. The van der Waals surface area contributed by atoms with E-state index in [-0.39, 0.29) is 13.1 Å². The molecule has 0 unspecified atom stereocenters. The molecule has 1 rings (SSSR count). The van der Waals surface area contributed by atoms with Gasteiger partial charge < -0.3 is 20.7 Å². The number of benzene rings is 1. The third kappa shape index (κ3) is 6.02. The van der Waals surface area contributed by atoms with Crippen LogP contribution in [-0.4, -0.2) is 38.3 Å². The van der Waals surface area contributed by atoms with Crippen molar-refractivity contribution in [2.45, 2.75) is 6.18 Å². The molecule has 0 heterocycles. The topological polar surface area (TPSA) is 79.5 Å². The fourth-order valence-electron chi connectivity index (χ4n) is 1.30. The average molecular weight is 305 g/mol. The molecule has 0 radical (unpaired) electrons. The first-order valence-electron chi connectivity index (χ1n) is 5.87. The summed E-state index contributed by atoms with van der Waals surface area (Å²) >= 11 is 0. The number of nitrogens with one attached hydrogen (secondary N) is 3. The van der Waals surface area contributed by atoms with E-state index in [0.717, 1.165) is 0 Å². The molecule has 1 aromatic carbocycles. The lowest BCUT2D eigenvalue weighted by molar-refractivity contribution is -0.173. The number of alkyl halides is 3. The Morgan fingerprint density at radius 3 is 2.19 bits per heavy atom. The Hall–Kier alpha value is -2.45. The molecule has 0 bridgehead atoms. The minimum absolute atomic E-state index is 0.135. The van der Waals surface area contributed by atoms with E-state index in [4.69, 9.17) is 4.74 Å². The molecule has 0 aliphatic carbocycles. The first-order chi connectivity index (χ1) is 9.82. The molecular formula is C12H14F3N3O3. The van der Waals surface area contributed by atoms with E-state index in [0.29, 0.717) is 11.4 Å². The second kappa shape index (κ2) is 7.36. The van der Waals surface area contributed by atoms with E-state index in [1.165, 1.54) is 7.11 Å². The molecule has 3 amide bonds. The van der Waals surface area contributed by atoms with Gasteiger partial charge in [0.1, 0.15) is 5.75 Å². The van der Waals surface area contributed by atoms with Crippen molar-refractivity contribution in [1.29, 1.82) is 0 Å². The van der Waals surface area contributed by atoms with E-state index in [1.54, 1.807) is 29.6 Å². The summed E-state index contributed by atoms with van der Waals surface area (Å²) < 4.78 is 40.5. The molecule has 0 fully saturated rings. The second-order valence-electron chi connectivity index (χ2n) is 3.86. The Balaban J connectivity index is 2.26. The highest BCUT2D eigenvalue weighted by atomic mass is 19.4. The molecule has 0 atom stereocenters. The number of hydrogen-bond acceptors (Lipinski definition) is 3. The summed E-state index contributed by atoms with van der Waals surface area (Å²) in [6, 6.07) is 5.88. The highest BCUT2D eigenvalue weighted by molar-refractivity contribution is 5.89. The fourth-order valence-corrected chi connectivity index (χ4v) is 1.30. The summed E-state index contributed by atoms with van der Waals surface area (Å²) in [5.74, 6) is -1.42. The number of carbonyl (C=O) groups excluding carboxylic acids is 2. The maximum absolute atomic E-state index is 11.9. The Kier molecular flexibility index (Phi) is 5.82. The van der Waals surface area contributed by atoms with Gasteiger partial charge in [0.05, 0.1) is 7.11 Å². The molecule has 0 aliphatic heterocycles. The average Bonchev–Trinajstić information content (AvgIpc) is 2.43. The van der Waals surface area contributed by atoms with Gasteiger partial charge in [0, 0.05) is 18.8 Å². The van der Waals surface area contributed by atoms with E-state index in [2.05, 4.69) is 10.6 Å². The summed E-state index contributed by atoms with van der Waals surface area (Å²) in [5, 5.41) is 6.41. The highest BCUT2D eigenvalue weighted by Gasteiger charge is 2.38. The smallest absolute Gasteiger partial charge is 0.471 e. The van der Waals surface area contributed by atoms with E-state index < -0.39 is 18.1 Å². The van der Waals surface area contributed by atoms with Crippen molar-refractivity contribution in [3.8, 4) is 5.75 Å². The van der Waals surface area contributed by atoms with Crippen LogP contribution in [0.5, 0.6) is 5.75 Å². The van der Waals surface area contributed by atoms with Crippen molar-refractivity contribution >= 4 is 17.6 Å². The quantitative estimate of drug-likeness (QED) is 0.721. The van der Waals surface area contributed by atoms with Crippen LogP contribution < -0.4 is 20.7 Å². The van der Waals surface area contributed by atoms with Gasteiger partial charge in [-0.25, -0.2) is 4.79 Å². The molecule has 1 aromatic rings. The fraction of sp³-hybridized carbons (Fsp3) is 0.333. The van der Waals surface area contributed by atoms with Crippen LogP contribution in [0.2, 0.25) is 0 Å². The third-order valence-electron chi connectivity index (χ3n) is 2.30. The van der Waals surface area contributed by atoms with Gasteiger partial charge in [-0.15, -0.1) is 0 Å². The number of hydrogen-bond donors (Lipinski definition) is 3. The standard InChI is InChI=1S/C12H14F3N3O3/c1-21-9-4-2-8(3-5-9)18-11(20)17-7-6-16-10(19)12(13,14)15/h2-5H,6-7H2,1H3,(H,16,19)(H2,17,18,20). The van der Waals surface area contributed by atoms with Crippen LogP contribution in [0.1, 0.15) is 0 Å². The van der Waals surface area contributed by atoms with Gasteiger partial charge in [-0.1, -0.05) is 0 Å². The highest BCUT2D eigenvalue weighted by Crippen LogP contribution is 2.15. The zero-order chi connectivity index (χ0) is 15.9. The van der Waals surface area contributed by atoms with Crippen LogP contribution in [0.25, 0.3) is 0 Å². The lowest BCUT2D eigenvalue weighted by Crippen LogP contribution is -2.41. The van der Waals surface area contributed by atoms with Gasteiger partial charge in [0.25, 0.3) is 0 Å². The predicted molar refractivity (Wildman–Crippen MR) is 69.1 cm³/mol. The van der Waals surface area contributed by atoms with Gasteiger partial charge in [-0.3, -0.25) is 4.79 Å². The molecule has 0 saturated heterocycles. The van der Waals surface area contributed by atoms with Gasteiger partial charge in [-0.05, 0) is 24.3 Å². The van der Waals surface area contributed by atoms with Crippen molar-refractivity contribution in [1.82, 2.24) is 10.6 Å². The molecule has 3 N–H and O–H groups in total. The van der Waals surface area contributed by atoms with Crippen LogP contribution in [0.15, 0.2) is 24.3 Å². The Bertz CT molecular complexity index is 489. The summed E-state index contributed by atoms with van der Waals surface area (Å²) in [6.45, 7) is -0.460. The zero-order valence-electron chi connectivity index (χ0n) is 11.1. The van der Waals surface area contributed by atoms with Crippen molar-refractivity contribution in [2.24, 2.45) is 0 Å². The first-order valence-corrected chi connectivity index (χ1v) is 5.87. The van der Waals surface area contributed by atoms with Crippen molar-refractivity contribution in [3.63, 3.8) is 0 Å². The summed E-state index contributed by atoms with van der Waals surface area (Å²) in [5.41, 5.74) is 0.493. The molecule has 116 valence electrons. The molecule has 0 aromatic heterocycles. The molecule has 0 saturated carbocycles.